The number of ether oxygens (including phenoxy) is 1. The first kappa shape index (κ1) is 12.4. The zero-order valence-corrected chi connectivity index (χ0v) is 10.8. The van der Waals surface area contributed by atoms with Gasteiger partial charge < -0.3 is 15.4 Å². The van der Waals surface area contributed by atoms with Gasteiger partial charge in [-0.2, -0.15) is 0 Å². The third-order valence-electron chi connectivity index (χ3n) is 3.87. The topological polar surface area (TPSA) is 50.9 Å². The number of guanidine groups is 1. The van der Waals surface area contributed by atoms with Crippen LogP contribution in [0.25, 0.3) is 0 Å². The summed E-state index contributed by atoms with van der Waals surface area (Å²) in [6.07, 6.45) is 2.13. The van der Waals surface area contributed by atoms with E-state index in [1.165, 1.54) is 6.07 Å². The van der Waals surface area contributed by atoms with Crippen molar-refractivity contribution in [1.82, 2.24) is 0 Å². The first-order valence-electron chi connectivity index (χ1n) is 6.69. The Hall–Kier alpha value is -1.62. The molecule has 0 spiro atoms. The lowest BCUT2D eigenvalue weighted by Gasteiger charge is -2.34. The van der Waals surface area contributed by atoms with E-state index in [1.807, 2.05) is 11.0 Å². The third kappa shape index (κ3) is 2.30. The standard InChI is InChI=1S/C14H18FN3O/c15-11-5-1-2-6-12(11)18-13(8-17-14(18)16)10-4-3-7-19-9-10/h1-2,5-6,10,13H,3-4,7-9H2,(H2,16,17). The van der Waals surface area contributed by atoms with E-state index >= 15 is 0 Å². The van der Waals surface area contributed by atoms with Crippen molar-refractivity contribution in [2.45, 2.75) is 18.9 Å². The molecule has 5 heteroatoms. The Bertz CT molecular complexity index is 485. The van der Waals surface area contributed by atoms with Gasteiger partial charge in [0, 0.05) is 12.5 Å². The highest BCUT2D eigenvalue weighted by molar-refractivity contribution is 5.97. The summed E-state index contributed by atoms with van der Waals surface area (Å²) in [7, 11) is 0. The average Bonchev–Trinajstić information content (AvgIpc) is 2.82. The number of benzene rings is 1. The van der Waals surface area contributed by atoms with Crippen LogP contribution in [0.3, 0.4) is 0 Å². The molecule has 19 heavy (non-hydrogen) atoms. The molecular formula is C14H18FN3O. The smallest absolute Gasteiger partial charge is 0.196 e. The molecule has 2 atom stereocenters. The molecule has 0 radical (unpaired) electrons. The molecule has 1 aromatic rings. The van der Waals surface area contributed by atoms with Crippen LogP contribution in [-0.4, -0.2) is 31.8 Å². The van der Waals surface area contributed by atoms with E-state index in [-0.39, 0.29) is 11.9 Å². The maximum atomic E-state index is 14.0. The minimum Gasteiger partial charge on any atom is -0.381 e. The fourth-order valence-corrected chi connectivity index (χ4v) is 2.89. The van der Waals surface area contributed by atoms with Crippen molar-refractivity contribution >= 4 is 11.6 Å². The van der Waals surface area contributed by atoms with Crippen LogP contribution in [0.1, 0.15) is 12.8 Å². The molecule has 2 N–H and O–H groups in total. The van der Waals surface area contributed by atoms with Crippen molar-refractivity contribution in [1.29, 1.82) is 0 Å². The molecular weight excluding hydrogens is 245 g/mol. The van der Waals surface area contributed by atoms with Gasteiger partial charge >= 0.3 is 0 Å². The predicted molar refractivity (Wildman–Crippen MR) is 72.7 cm³/mol. The van der Waals surface area contributed by atoms with Gasteiger partial charge in [0.05, 0.1) is 24.9 Å². The zero-order valence-electron chi connectivity index (χ0n) is 10.8. The highest BCUT2D eigenvalue weighted by atomic mass is 19.1. The summed E-state index contributed by atoms with van der Waals surface area (Å²) >= 11 is 0. The van der Waals surface area contributed by atoms with Crippen LogP contribution >= 0.6 is 0 Å². The number of nitrogens with zero attached hydrogens (tertiary/aromatic N) is 2. The number of halogens is 1. The van der Waals surface area contributed by atoms with Gasteiger partial charge in [-0.15, -0.1) is 0 Å². The maximum absolute atomic E-state index is 14.0. The zero-order chi connectivity index (χ0) is 13.2. The third-order valence-corrected chi connectivity index (χ3v) is 3.87. The summed E-state index contributed by atoms with van der Waals surface area (Å²) in [5.41, 5.74) is 6.46. The van der Waals surface area contributed by atoms with Crippen LogP contribution in [0.15, 0.2) is 29.3 Å². The molecule has 0 amide bonds. The van der Waals surface area contributed by atoms with Gasteiger partial charge in [-0.1, -0.05) is 12.1 Å². The van der Waals surface area contributed by atoms with Crippen LogP contribution in [0, 0.1) is 11.7 Å². The van der Waals surface area contributed by atoms with Gasteiger partial charge in [-0.05, 0) is 25.0 Å². The first-order chi connectivity index (χ1) is 9.27. The Kier molecular flexibility index (Phi) is 3.38. The minimum absolute atomic E-state index is 0.109. The quantitative estimate of drug-likeness (QED) is 0.884. The van der Waals surface area contributed by atoms with Crippen molar-refractivity contribution in [3.05, 3.63) is 30.1 Å². The predicted octanol–water partition coefficient (Wildman–Crippen LogP) is 1.76. The lowest BCUT2D eigenvalue weighted by molar-refractivity contribution is 0.0472. The molecule has 102 valence electrons. The Labute approximate surface area is 112 Å². The number of anilines is 1. The number of rotatable bonds is 2. The van der Waals surface area contributed by atoms with Gasteiger partial charge in [-0.25, -0.2) is 4.39 Å². The van der Waals surface area contributed by atoms with E-state index in [0.717, 1.165) is 19.4 Å². The molecule has 0 aliphatic carbocycles. The Morgan fingerprint density at radius 3 is 2.95 bits per heavy atom. The summed E-state index contributed by atoms with van der Waals surface area (Å²) < 4.78 is 19.5. The van der Waals surface area contributed by atoms with Gasteiger partial charge in [-0.3, -0.25) is 4.99 Å². The minimum atomic E-state index is -0.260. The Balaban J connectivity index is 1.88. The maximum Gasteiger partial charge on any atom is 0.196 e. The second kappa shape index (κ2) is 5.17. The molecule has 1 aromatic carbocycles. The average molecular weight is 263 g/mol. The fraction of sp³-hybridized carbons (Fsp3) is 0.500. The molecule has 1 saturated heterocycles. The molecule has 3 rings (SSSR count). The van der Waals surface area contributed by atoms with Gasteiger partial charge in [0.25, 0.3) is 0 Å². The van der Waals surface area contributed by atoms with Crippen LogP contribution in [0.5, 0.6) is 0 Å². The first-order valence-corrected chi connectivity index (χ1v) is 6.69. The number of nitrogens with two attached hydrogens (primary N) is 1. The SMILES string of the molecule is NC1=NCC(C2CCCOC2)N1c1ccccc1F. The second-order valence-electron chi connectivity index (χ2n) is 5.06. The van der Waals surface area contributed by atoms with Crippen LogP contribution in [0.4, 0.5) is 10.1 Å². The number of aliphatic imine (C=N–C) groups is 1. The number of hydrogen-bond acceptors (Lipinski definition) is 4. The van der Waals surface area contributed by atoms with Crippen molar-refractivity contribution in [3.8, 4) is 0 Å². The van der Waals surface area contributed by atoms with E-state index < -0.39 is 0 Å². The molecule has 4 nitrogen and oxygen atoms in total. The van der Waals surface area contributed by atoms with E-state index in [4.69, 9.17) is 10.5 Å². The van der Waals surface area contributed by atoms with Gasteiger partial charge in [0.1, 0.15) is 5.82 Å². The summed E-state index contributed by atoms with van der Waals surface area (Å²) in [4.78, 5) is 6.12. The lowest BCUT2D eigenvalue weighted by atomic mass is 9.93. The van der Waals surface area contributed by atoms with E-state index in [1.54, 1.807) is 12.1 Å². The van der Waals surface area contributed by atoms with Gasteiger partial charge in [0.2, 0.25) is 0 Å². The van der Waals surface area contributed by atoms with E-state index in [0.29, 0.717) is 30.7 Å². The second-order valence-corrected chi connectivity index (χ2v) is 5.06. The Morgan fingerprint density at radius 2 is 2.21 bits per heavy atom. The molecule has 1 fully saturated rings. The normalized spacial score (nSPS) is 27.4. The van der Waals surface area contributed by atoms with Crippen LogP contribution < -0.4 is 10.6 Å². The molecule has 0 aromatic heterocycles. The summed E-state index contributed by atoms with van der Waals surface area (Å²) in [5.74, 6) is 0.503. The molecule has 0 saturated carbocycles. The Morgan fingerprint density at radius 1 is 1.37 bits per heavy atom. The van der Waals surface area contributed by atoms with Crippen molar-refractivity contribution in [2.75, 3.05) is 24.7 Å². The summed E-state index contributed by atoms with van der Waals surface area (Å²) in [5, 5.41) is 0. The summed E-state index contributed by atoms with van der Waals surface area (Å²) in [6.45, 7) is 2.14. The van der Waals surface area contributed by atoms with Crippen molar-refractivity contribution in [3.63, 3.8) is 0 Å². The molecule has 2 aliphatic heterocycles. The largest absolute Gasteiger partial charge is 0.381 e. The van der Waals surface area contributed by atoms with E-state index in [9.17, 15) is 4.39 Å². The molecule has 2 heterocycles. The molecule has 2 aliphatic rings. The van der Waals surface area contributed by atoms with Crippen LogP contribution in [0.2, 0.25) is 0 Å². The number of para-hydroxylation sites is 1. The highest BCUT2D eigenvalue weighted by Crippen LogP contribution is 2.30. The van der Waals surface area contributed by atoms with Crippen molar-refractivity contribution < 1.29 is 9.13 Å². The van der Waals surface area contributed by atoms with Crippen LogP contribution in [-0.2, 0) is 4.74 Å². The van der Waals surface area contributed by atoms with Crippen molar-refractivity contribution in [2.24, 2.45) is 16.6 Å². The summed E-state index contributed by atoms with van der Waals surface area (Å²) in [6, 6.07) is 6.81. The van der Waals surface area contributed by atoms with E-state index in [2.05, 4.69) is 4.99 Å². The highest BCUT2D eigenvalue weighted by Gasteiger charge is 2.35. The fourth-order valence-electron chi connectivity index (χ4n) is 2.89. The molecule has 0 bridgehead atoms. The number of hydrogen-bond donors (Lipinski definition) is 1. The van der Waals surface area contributed by atoms with Gasteiger partial charge in [0.15, 0.2) is 5.96 Å². The monoisotopic (exact) mass is 263 g/mol. The lowest BCUT2D eigenvalue weighted by Crippen LogP contribution is -2.47. The molecule has 2 unspecified atom stereocenters.